The van der Waals surface area contributed by atoms with Gasteiger partial charge in [-0.25, -0.2) is 0 Å². The molecule has 1 saturated heterocycles. The van der Waals surface area contributed by atoms with E-state index in [0.717, 1.165) is 41.4 Å². The highest BCUT2D eigenvalue weighted by Gasteiger charge is 2.26. The zero-order valence-corrected chi connectivity index (χ0v) is 14.3. The molecule has 0 spiro atoms. The van der Waals surface area contributed by atoms with Gasteiger partial charge in [0, 0.05) is 35.5 Å². The van der Waals surface area contributed by atoms with E-state index >= 15 is 0 Å². The molecule has 0 radical (unpaired) electrons. The second kappa shape index (κ2) is 5.98. The van der Waals surface area contributed by atoms with Crippen molar-refractivity contribution in [3.63, 3.8) is 0 Å². The Labute approximate surface area is 145 Å². The standard InChI is InChI=1S/C19H18N2O2S/c1-20-15-12-13(18(22)21-10-4-5-11-21)8-9-17(15)24-16-7-3-2-6-14(16)19(20)23/h2-3,6-9,12H,4-5,10-11H2,1H3. The highest BCUT2D eigenvalue weighted by Crippen LogP contribution is 2.41. The molecular weight excluding hydrogens is 320 g/mol. The minimum absolute atomic E-state index is 0.0392. The zero-order chi connectivity index (χ0) is 16.7. The van der Waals surface area contributed by atoms with E-state index in [2.05, 4.69) is 0 Å². The summed E-state index contributed by atoms with van der Waals surface area (Å²) in [5, 5.41) is 0. The molecule has 0 aromatic heterocycles. The minimum atomic E-state index is -0.0392. The van der Waals surface area contributed by atoms with E-state index in [9.17, 15) is 9.59 Å². The van der Waals surface area contributed by atoms with Gasteiger partial charge in [-0.3, -0.25) is 9.59 Å². The fourth-order valence-corrected chi connectivity index (χ4v) is 4.33. The maximum atomic E-state index is 12.8. The van der Waals surface area contributed by atoms with Crippen molar-refractivity contribution in [2.45, 2.75) is 22.6 Å². The van der Waals surface area contributed by atoms with Crippen LogP contribution in [0.2, 0.25) is 0 Å². The van der Waals surface area contributed by atoms with Gasteiger partial charge in [0.25, 0.3) is 11.8 Å². The van der Waals surface area contributed by atoms with Gasteiger partial charge in [0.15, 0.2) is 0 Å². The quantitative estimate of drug-likeness (QED) is 0.797. The van der Waals surface area contributed by atoms with Crippen molar-refractivity contribution in [1.29, 1.82) is 0 Å². The SMILES string of the molecule is CN1C(=O)c2ccccc2Sc2ccc(C(=O)N3CCCC3)cc21. The average molecular weight is 338 g/mol. The lowest BCUT2D eigenvalue weighted by Crippen LogP contribution is -2.29. The Balaban J connectivity index is 1.75. The Morgan fingerprint density at radius 1 is 1.04 bits per heavy atom. The number of likely N-dealkylation sites (tertiary alicyclic amines) is 1. The molecule has 2 aromatic rings. The lowest BCUT2D eigenvalue weighted by atomic mass is 10.1. The van der Waals surface area contributed by atoms with Gasteiger partial charge in [-0.05, 0) is 43.2 Å². The van der Waals surface area contributed by atoms with Crippen LogP contribution >= 0.6 is 11.8 Å². The van der Waals surface area contributed by atoms with E-state index in [1.165, 1.54) is 0 Å². The van der Waals surface area contributed by atoms with Gasteiger partial charge in [0.05, 0.1) is 11.3 Å². The molecule has 5 heteroatoms. The number of hydrogen-bond donors (Lipinski definition) is 0. The smallest absolute Gasteiger partial charge is 0.259 e. The summed E-state index contributed by atoms with van der Waals surface area (Å²) < 4.78 is 0. The lowest BCUT2D eigenvalue weighted by molar-refractivity contribution is 0.0792. The fraction of sp³-hybridized carbons (Fsp3) is 0.263. The number of amides is 2. The van der Waals surface area contributed by atoms with E-state index < -0.39 is 0 Å². The summed E-state index contributed by atoms with van der Waals surface area (Å²) in [6, 6.07) is 13.3. The zero-order valence-electron chi connectivity index (χ0n) is 13.5. The Kier molecular flexibility index (Phi) is 3.81. The van der Waals surface area contributed by atoms with Crippen molar-refractivity contribution in [2.24, 2.45) is 0 Å². The highest BCUT2D eigenvalue weighted by atomic mass is 32.2. The average Bonchev–Trinajstić information content (AvgIpc) is 3.12. The van der Waals surface area contributed by atoms with Crippen LogP contribution in [0.15, 0.2) is 52.3 Å². The summed E-state index contributed by atoms with van der Waals surface area (Å²) >= 11 is 1.58. The van der Waals surface area contributed by atoms with Crippen molar-refractivity contribution in [3.8, 4) is 0 Å². The first kappa shape index (κ1) is 15.3. The van der Waals surface area contributed by atoms with Crippen LogP contribution in [-0.2, 0) is 0 Å². The van der Waals surface area contributed by atoms with E-state index in [0.29, 0.717) is 11.1 Å². The molecule has 2 heterocycles. The van der Waals surface area contributed by atoms with Crippen molar-refractivity contribution in [3.05, 3.63) is 53.6 Å². The van der Waals surface area contributed by atoms with Crippen LogP contribution in [0.1, 0.15) is 33.6 Å². The third kappa shape index (κ3) is 2.49. The van der Waals surface area contributed by atoms with E-state index in [1.54, 1.807) is 23.7 Å². The lowest BCUT2D eigenvalue weighted by Gasteiger charge is -2.20. The maximum Gasteiger partial charge on any atom is 0.259 e. The fourth-order valence-electron chi connectivity index (χ4n) is 3.24. The molecule has 0 atom stereocenters. The van der Waals surface area contributed by atoms with E-state index in [4.69, 9.17) is 0 Å². The topological polar surface area (TPSA) is 40.6 Å². The Hall–Kier alpha value is -2.27. The third-order valence-corrected chi connectivity index (χ3v) is 5.74. The van der Waals surface area contributed by atoms with E-state index in [-0.39, 0.29) is 11.8 Å². The van der Waals surface area contributed by atoms with Gasteiger partial charge < -0.3 is 9.80 Å². The van der Waals surface area contributed by atoms with Gasteiger partial charge in [-0.15, -0.1) is 0 Å². The maximum absolute atomic E-state index is 12.8. The van der Waals surface area contributed by atoms with Crippen molar-refractivity contribution < 1.29 is 9.59 Å². The van der Waals surface area contributed by atoms with Crippen molar-refractivity contribution >= 4 is 29.3 Å². The van der Waals surface area contributed by atoms with Gasteiger partial charge in [-0.1, -0.05) is 23.9 Å². The summed E-state index contributed by atoms with van der Waals surface area (Å²) in [6.45, 7) is 1.65. The molecule has 2 aromatic carbocycles. The monoisotopic (exact) mass is 338 g/mol. The number of anilines is 1. The van der Waals surface area contributed by atoms with Gasteiger partial charge in [0.1, 0.15) is 0 Å². The summed E-state index contributed by atoms with van der Waals surface area (Å²) in [6.07, 6.45) is 2.14. The van der Waals surface area contributed by atoms with Crippen LogP contribution in [0.4, 0.5) is 5.69 Å². The molecule has 0 bridgehead atoms. The molecule has 0 unspecified atom stereocenters. The minimum Gasteiger partial charge on any atom is -0.339 e. The highest BCUT2D eigenvalue weighted by molar-refractivity contribution is 7.99. The summed E-state index contributed by atoms with van der Waals surface area (Å²) in [4.78, 5) is 30.9. The molecule has 24 heavy (non-hydrogen) atoms. The summed E-state index contributed by atoms with van der Waals surface area (Å²) in [7, 11) is 1.77. The van der Waals surface area contributed by atoms with Gasteiger partial charge in [0.2, 0.25) is 0 Å². The number of carbonyl (C=O) groups is 2. The molecule has 2 aliphatic heterocycles. The molecule has 0 aliphatic carbocycles. The Bertz CT molecular complexity index is 828. The van der Waals surface area contributed by atoms with E-state index in [1.807, 2.05) is 47.4 Å². The largest absolute Gasteiger partial charge is 0.339 e. The van der Waals surface area contributed by atoms with Gasteiger partial charge >= 0.3 is 0 Å². The van der Waals surface area contributed by atoms with Crippen molar-refractivity contribution in [1.82, 2.24) is 4.90 Å². The van der Waals surface area contributed by atoms with Crippen molar-refractivity contribution in [2.75, 3.05) is 25.0 Å². The Morgan fingerprint density at radius 2 is 1.79 bits per heavy atom. The van der Waals surface area contributed by atoms with Crippen LogP contribution in [0.3, 0.4) is 0 Å². The van der Waals surface area contributed by atoms with Crippen LogP contribution in [0.25, 0.3) is 0 Å². The Morgan fingerprint density at radius 3 is 2.58 bits per heavy atom. The molecule has 122 valence electrons. The first-order valence-corrected chi connectivity index (χ1v) is 8.95. The third-order valence-electron chi connectivity index (χ3n) is 4.60. The first-order valence-electron chi connectivity index (χ1n) is 8.13. The van der Waals surface area contributed by atoms with Crippen LogP contribution in [0.5, 0.6) is 0 Å². The first-order chi connectivity index (χ1) is 11.6. The molecule has 2 amide bonds. The number of carbonyl (C=O) groups excluding carboxylic acids is 2. The number of hydrogen-bond acceptors (Lipinski definition) is 3. The summed E-state index contributed by atoms with van der Waals surface area (Å²) in [5.41, 5.74) is 2.15. The molecular formula is C19H18N2O2S. The van der Waals surface area contributed by atoms with Crippen LogP contribution in [0, 0.1) is 0 Å². The number of benzene rings is 2. The van der Waals surface area contributed by atoms with Crippen LogP contribution in [-0.4, -0.2) is 36.9 Å². The summed E-state index contributed by atoms with van der Waals surface area (Å²) in [5.74, 6) is 0.0190. The number of rotatable bonds is 1. The molecule has 1 fully saturated rings. The second-order valence-corrected chi connectivity index (χ2v) is 7.23. The molecule has 4 nitrogen and oxygen atoms in total. The number of fused-ring (bicyclic) bond motifs is 2. The number of nitrogens with zero attached hydrogens (tertiary/aromatic N) is 2. The predicted molar refractivity (Wildman–Crippen MR) is 94.9 cm³/mol. The van der Waals surface area contributed by atoms with Gasteiger partial charge in [-0.2, -0.15) is 0 Å². The normalized spacial score (nSPS) is 16.6. The molecule has 4 rings (SSSR count). The molecule has 0 N–H and O–H groups in total. The molecule has 0 saturated carbocycles. The molecule has 2 aliphatic rings. The predicted octanol–water partition coefficient (Wildman–Crippen LogP) is 3.66. The second-order valence-electron chi connectivity index (χ2n) is 6.14. The van der Waals surface area contributed by atoms with Crippen LogP contribution < -0.4 is 4.90 Å².